The van der Waals surface area contributed by atoms with Gasteiger partial charge in [0.05, 0.1) is 0 Å². The number of halogens is 5. The molecule has 2 N–H and O–H groups in total. The van der Waals surface area contributed by atoms with Gasteiger partial charge in [-0.15, -0.1) is 0 Å². The van der Waals surface area contributed by atoms with Gasteiger partial charge < -0.3 is 10.5 Å². The molecule has 0 heterocycles. The van der Waals surface area contributed by atoms with E-state index in [2.05, 4.69) is 0 Å². The predicted molar refractivity (Wildman–Crippen MR) is 57.0 cm³/mol. The predicted octanol–water partition coefficient (Wildman–Crippen LogP) is 2.89. The fourth-order valence-corrected chi connectivity index (χ4v) is 2.27. The van der Waals surface area contributed by atoms with Crippen LogP contribution in [0.3, 0.4) is 0 Å². The first-order valence-corrected chi connectivity index (χ1v) is 5.85. The molecule has 2 rings (SSSR count). The van der Waals surface area contributed by atoms with E-state index < -0.39 is 40.9 Å². The average Bonchev–Trinajstić information content (AvgIpc) is 2.86. The van der Waals surface area contributed by atoms with E-state index in [9.17, 15) is 22.0 Å². The Hall–Kier alpha value is -1.37. The molecule has 19 heavy (non-hydrogen) atoms. The summed E-state index contributed by atoms with van der Waals surface area (Å²) in [5.74, 6) is -11.5. The second-order valence-corrected chi connectivity index (χ2v) is 4.48. The molecule has 0 aliphatic heterocycles. The summed E-state index contributed by atoms with van der Waals surface area (Å²) >= 11 is 0. The summed E-state index contributed by atoms with van der Waals surface area (Å²) < 4.78 is 70.6. The Bertz CT molecular complexity index is 464. The highest BCUT2D eigenvalue weighted by atomic mass is 19.2. The maximum absolute atomic E-state index is 13.4. The molecular formula is C12H12F5NO. The lowest BCUT2D eigenvalue weighted by Crippen LogP contribution is -2.28. The molecule has 1 fully saturated rings. The van der Waals surface area contributed by atoms with Crippen molar-refractivity contribution in [1.82, 2.24) is 0 Å². The lowest BCUT2D eigenvalue weighted by atomic mass is 10.1. The lowest BCUT2D eigenvalue weighted by molar-refractivity contribution is 0.143. The minimum absolute atomic E-state index is 0.144. The number of hydrogen-bond acceptors (Lipinski definition) is 2. The van der Waals surface area contributed by atoms with Gasteiger partial charge in [0.15, 0.2) is 5.75 Å². The van der Waals surface area contributed by atoms with E-state index >= 15 is 0 Å². The highest BCUT2D eigenvalue weighted by Gasteiger charge is 2.33. The van der Waals surface area contributed by atoms with E-state index in [1.807, 2.05) is 0 Å². The highest BCUT2D eigenvalue weighted by Crippen LogP contribution is 2.34. The van der Waals surface area contributed by atoms with Crippen molar-refractivity contribution >= 4 is 0 Å². The van der Waals surface area contributed by atoms with Crippen molar-refractivity contribution in [2.24, 2.45) is 11.7 Å². The van der Waals surface area contributed by atoms with Gasteiger partial charge in [-0.05, 0) is 25.8 Å². The second-order valence-electron chi connectivity index (χ2n) is 4.48. The molecule has 1 aliphatic rings. The molecule has 0 spiro atoms. The zero-order chi connectivity index (χ0) is 14.2. The largest absolute Gasteiger partial charge is 0.484 e. The Morgan fingerprint density at radius 3 is 1.95 bits per heavy atom. The van der Waals surface area contributed by atoms with E-state index in [4.69, 9.17) is 10.5 Å². The zero-order valence-corrected chi connectivity index (χ0v) is 9.86. The molecule has 0 aromatic heterocycles. The smallest absolute Gasteiger partial charge is 0.207 e. The van der Waals surface area contributed by atoms with Crippen LogP contribution in [0.15, 0.2) is 0 Å². The van der Waals surface area contributed by atoms with Crippen molar-refractivity contribution in [3.05, 3.63) is 29.1 Å². The van der Waals surface area contributed by atoms with E-state index in [0.29, 0.717) is 12.8 Å². The fraction of sp³-hybridized carbons (Fsp3) is 0.500. The van der Waals surface area contributed by atoms with Crippen LogP contribution in [0.5, 0.6) is 5.75 Å². The molecule has 1 aromatic carbocycles. The lowest BCUT2D eigenvalue weighted by Gasteiger charge is -2.20. The van der Waals surface area contributed by atoms with Gasteiger partial charge in [-0.1, -0.05) is 0 Å². The van der Waals surface area contributed by atoms with Gasteiger partial charge in [0.25, 0.3) is 0 Å². The summed E-state index contributed by atoms with van der Waals surface area (Å²) in [5.41, 5.74) is 5.46. The minimum atomic E-state index is -2.19. The zero-order valence-electron chi connectivity index (χ0n) is 9.86. The van der Waals surface area contributed by atoms with Crippen LogP contribution in [0.2, 0.25) is 0 Å². The van der Waals surface area contributed by atoms with Crippen molar-refractivity contribution in [2.75, 3.05) is 6.54 Å². The first-order chi connectivity index (χ1) is 8.97. The molecule has 0 amide bonds. The fourth-order valence-electron chi connectivity index (χ4n) is 2.27. The van der Waals surface area contributed by atoms with Gasteiger partial charge in [0, 0.05) is 5.92 Å². The molecule has 1 saturated carbocycles. The van der Waals surface area contributed by atoms with Crippen LogP contribution in [-0.4, -0.2) is 12.6 Å². The van der Waals surface area contributed by atoms with Crippen LogP contribution in [0.4, 0.5) is 22.0 Å². The Labute approximate surface area is 106 Å². The summed E-state index contributed by atoms with van der Waals surface area (Å²) in [6, 6.07) is 0. The Kier molecular flexibility index (Phi) is 3.93. The molecule has 2 unspecified atom stereocenters. The maximum Gasteiger partial charge on any atom is 0.207 e. The van der Waals surface area contributed by atoms with Crippen LogP contribution in [0, 0.1) is 35.0 Å². The van der Waals surface area contributed by atoms with Crippen LogP contribution < -0.4 is 10.5 Å². The Morgan fingerprint density at radius 2 is 1.42 bits per heavy atom. The third kappa shape index (κ3) is 2.39. The SMILES string of the molecule is NCC1CCCC1Oc1c(F)c(F)c(F)c(F)c1F. The van der Waals surface area contributed by atoms with E-state index in [1.54, 1.807) is 0 Å². The van der Waals surface area contributed by atoms with Crippen molar-refractivity contribution in [2.45, 2.75) is 25.4 Å². The number of nitrogens with two attached hydrogens (primary N) is 1. The van der Waals surface area contributed by atoms with Gasteiger partial charge in [-0.25, -0.2) is 13.2 Å². The molecule has 106 valence electrons. The summed E-state index contributed by atoms with van der Waals surface area (Å²) in [5, 5.41) is 0. The Balaban J connectivity index is 2.35. The second kappa shape index (κ2) is 5.32. The van der Waals surface area contributed by atoms with Crippen molar-refractivity contribution < 1.29 is 26.7 Å². The van der Waals surface area contributed by atoms with Gasteiger partial charge in [-0.3, -0.25) is 0 Å². The molecular weight excluding hydrogens is 269 g/mol. The molecule has 0 radical (unpaired) electrons. The number of benzene rings is 1. The van der Waals surface area contributed by atoms with Crippen LogP contribution in [0.1, 0.15) is 19.3 Å². The topological polar surface area (TPSA) is 35.2 Å². The normalized spacial score (nSPS) is 22.8. The standard InChI is InChI=1S/C12H12F5NO/c13-7-8(14)10(16)12(11(17)9(7)15)19-6-3-1-2-5(6)4-18/h5-6H,1-4,18H2. The molecule has 7 heteroatoms. The van der Waals surface area contributed by atoms with E-state index in [0.717, 1.165) is 6.42 Å². The van der Waals surface area contributed by atoms with Gasteiger partial charge in [-0.2, -0.15) is 8.78 Å². The van der Waals surface area contributed by atoms with Crippen LogP contribution in [-0.2, 0) is 0 Å². The molecule has 1 aliphatic carbocycles. The quantitative estimate of drug-likeness (QED) is 0.525. The van der Waals surface area contributed by atoms with Crippen LogP contribution in [0.25, 0.3) is 0 Å². The molecule has 1 aromatic rings. The molecule has 2 atom stereocenters. The first kappa shape index (κ1) is 14.0. The monoisotopic (exact) mass is 281 g/mol. The summed E-state index contributed by atoms with van der Waals surface area (Å²) in [4.78, 5) is 0. The summed E-state index contributed by atoms with van der Waals surface area (Å²) in [6.07, 6.45) is 1.29. The van der Waals surface area contributed by atoms with E-state index in [-0.39, 0.29) is 12.5 Å². The van der Waals surface area contributed by atoms with Crippen molar-refractivity contribution in [3.63, 3.8) is 0 Å². The van der Waals surface area contributed by atoms with Crippen molar-refractivity contribution in [1.29, 1.82) is 0 Å². The summed E-state index contributed by atoms with van der Waals surface area (Å²) in [7, 11) is 0. The number of ether oxygens (including phenoxy) is 1. The van der Waals surface area contributed by atoms with Gasteiger partial charge >= 0.3 is 0 Å². The van der Waals surface area contributed by atoms with Gasteiger partial charge in [0.2, 0.25) is 29.1 Å². The highest BCUT2D eigenvalue weighted by molar-refractivity contribution is 5.30. The third-order valence-corrected chi connectivity index (χ3v) is 3.33. The number of rotatable bonds is 3. The third-order valence-electron chi connectivity index (χ3n) is 3.33. The molecule has 2 nitrogen and oxygen atoms in total. The Morgan fingerprint density at radius 1 is 0.895 bits per heavy atom. The van der Waals surface area contributed by atoms with Crippen molar-refractivity contribution in [3.8, 4) is 5.75 Å². The van der Waals surface area contributed by atoms with Crippen LogP contribution >= 0.6 is 0 Å². The number of hydrogen-bond donors (Lipinski definition) is 1. The average molecular weight is 281 g/mol. The maximum atomic E-state index is 13.4. The molecule has 0 saturated heterocycles. The minimum Gasteiger partial charge on any atom is -0.484 e. The van der Waals surface area contributed by atoms with Gasteiger partial charge in [0.1, 0.15) is 6.10 Å². The van der Waals surface area contributed by atoms with E-state index in [1.165, 1.54) is 0 Å². The first-order valence-electron chi connectivity index (χ1n) is 5.85. The summed E-state index contributed by atoms with van der Waals surface area (Å²) in [6.45, 7) is 0.236. The molecule has 0 bridgehead atoms.